The van der Waals surface area contributed by atoms with Crippen LogP contribution in [0.15, 0.2) is 47.3 Å². The Bertz CT molecular complexity index is 1070. The van der Waals surface area contributed by atoms with Gasteiger partial charge in [0.25, 0.3) is 5.56 Å². The Morgan fingerprint density at radius 3 is 2.56 bits per heavy atom. The zero-order valence-electron chi connectivity index (χ0n) is 13.8. The molecule has 2 aromatic carbocycles. The van der Waals surface area contributed by atoms with Crippen LogP contribution in [-0.2, 0) is 13.1 Å². The van der Waals surface area contributed by atoms with Gasteiger partial charge < -0.3 is 0 Å². The molecule has 0 atom stereocenters. The van der Waals surface area contributed by atoms with Crippen LogP contribution in [0.3, 0.4) is 0 Å². The Morgan fingerprint density at radius 2 is 1.76 bits per heavy atom. The van der Waals surface area contributed by atoms with Crippen LogP contribution in [0.4, 0.5) is 4.39 Å². The summed E-state index contributed by atoms with van der Waals surface area (Å²) in [5, 5.41) is 0.612. The molecule has 25 heavy (non-hydrogen) atoms. The molecule has 0 saturated heterocycles. The molecule has 4 nitrogen and oxygen atoms in total. The molecule has 0 unspecified atom stereocenters. The predicted molar refractivity (Wildman–Crippen MR) is 94.7 cm³/mol. The fraction of sp³-hybridized carbons (Fsp3) is 0.200. The highest BCUT2D eigenvalue weighted by atomic mass is 19.1. The average molecular weight is 333 g/mol. The summed E-state index contributed by atoms with van der Waals surface area (Å²) < 4.78 is 14.7. The second-order valence-electron chi connectivity index (χ2n) is 6.21. The van der Waals surface area contributed by atoms with Gasteiger partial charge in [-0.05, 0) is 49.5 Å². The van der Waals surface area contributed by atoms with Crippen LogP contribution in [0.2, 0.25) is 0 Å². The fourth-order valence-corrected chi connectivity index (χ4v) is 2.96. The maximum absolute atomic E-state index is 12.9. The Labute approximate surface area is 144 Å². The van der Waals surface area contributed by atoms with E-state index in [0.29, 0.717) is 24.0 Å². The smallest absolute Gasteiger partial charge is 0.261 e. The maximum atomic E-state index is 12.9. The van der Waals surface area contributed by atoms with E-state index in [1.165, 1.54) is 12.1 Å². The van der Waals surface area contributed by atoms with Gasteiger partial charge in [0, 0.05) is 24.2 Å². The molecule has 0 amide bonds. The van der Waals surface area contributed by atoms with Crippen molar-refractivity contribution in [2.75, 3.05) is 13.6 Å². The normalized spacial score (nSPS) is 14.0. The molecule has 0 fully saturated rings. The minimum atomic E-state index is -0.282. The summed E-state index contributed by atoms with van der Waals surface area (Å²) in [5.74, 6) is 6.56. The van der Waals surface area contributed by atoms with E-state index in [1.54, 1.807) is 22.8 Å². The number of rotatable bonds is 0. The molecule has 0 N–H and O–H groups in total. The van der Waals surface area contributed by atoms with Crippen molar-refractivity contribution < 1.29 is 4.39 Å². The van der Waals surface area contributed by atoms with Gasteiger partial charge in [0.1, 0.15) is 11.6 Å². The van der Waals surface area contributed by atoms with Crippen molar-refractivity contribution in [3.05, 3.63) is 75.6 Å². The van der Waals surface area contributed by atoms with Gasteiger partial charge in [0.05, 0.1) is 17.4 Å². The zero-order chi connectivity index (χ0) is 17.4. The SMILES string of the molecule is CN1CCn2c(nc3cc(C#Cc4ccc(F)cc4)ccc3c2=O)C1. The van der Waals surface area contributed by atoms with Gasteiger partial charge in [-0.25, -0.2) is 9.37 Å². The third kappa shape index (κ3) is 3.04. The molecular weight excluding hydrogens is 317 g/mol. The third-order valence-corrected chi connectivity index (χ3v) is 4.35. The summed E-state index contributed by atoms with van der Waals surface area (Å²) in [4.78, 5) is 19.4. The molecule has 0 radical (unpaired) electrons. The molecule has 4 rings (SSSR count). The lowest BCUT2D eigenvalue weighted by atomic mass is 10.1. The summed E-state index contributed by atoms with van der Waals surface area (Å²) in [6.45, 7) is 2.18. The monoisotopic (exact) mass is 333 g/mol. The first kappa shape index (κ1) is 15.6. The number of benzene rings is 2. The highest BCUT2D eigenvalue weighted by Crippen LogP contribution is 2.14. The molecule has 2 heterocycles. The Kier molecular flexibility index (Phi) is 3.83. The molecule has 0 saturated carbocycles. The number of halogens is 1. The van der Waals surface area contributed by atoms with Crippen molar-refractivity contribution in [1.29, 1.82) is 0 Å². The highest BCUT2D eigenvalue weighted by molar-refractivity contribution is 5.79. The molecule has 1 aliphatic rings. The van der Waals surface area contributed by atoms with Crippen LogP contribution in [0.1, 0.15) is 17.0 Å². The number of aromatic nitrogens is 2. The lowest BCUT2D eigenvalue weighted by Crippen LogP contribution is -2.38. The van der Waals surface area contributed by atoms with E-state index in [0.717, 1.165) is 23.5 Å². The number of hydrogen-bond acceptors (Lipinski definition) is 3. The van der Waals surface area contributed by atoms with Gasteiger partial charge in [0.15, 0.2) is 0 Å². The van der Waals surface area contributed by atoms with E-state index in [-0.39, 0.29) is 11.4 Å². The molecule has 5 heteroatoms. The van der Waals surface area contributed by atoms with E-state index < -0.39 is 0 Å². The third-order valence-electron chi connectivity index (χ3n) is 4.35. The minimum absolute atomic E-state index is 0.00569. The Balaban J connectivity index is 1.76. The van der Waals surface area contributed by atoms with Crippen molar-refractivity contribution in [3.8, 4) is 11.8 Å². The first-order chi connectivity index (χ1) is 12.1. The molecule has 1 aliphatic heterocycles. The number of fused-ring (bicyclic) bond motifs is 2. The van der Waals surface area contributed by atoms with E-state index >= 15 is 0 Å². The van der Waals surface area contributed by atoms with E-state index in [9.17, 15) is 9.18 Å². The second-order valence-corrected chi connectivity index (χ2v) is 6.21. The molecule has 0 spiro atoms. The highest BCUT2D eigenvalue weighted by Gasteiger charge is 2.17. The molecule has 0 aliphatic carbocycles. The van der Waals surface area contributed by atoms with Crippen LogP contribution in [0.5, 0.6) is 0 Å². The average Bonchev–Trinajstić information content (AvgIpc) is 2.61. The van der Waals surface area contributed by atoms with Crippen LogP contribution in [0.25, 0.3) is 10.9 Å². The number of likely N-dealkylation sites (N-methyl/N-ethyl adjacent to an activating group) is 1. The second kappa shape index (κ2) is 6.15. The van der Waals surface area contributed by atoms with Crippen molar-refractivity contribution in [2.45, 2.75) is 13.1 Å². The number of nitrogens with zero attached hydrogens (tertiary/aromatic N) is 3. The molecule has 1 aromatic heterocycles. The number of hydrogen-bond donors (Lipinski definition) is 0. The van der Waals surface area contributed by atoms with Crippen LogP contribution >= 0.6 is 0 Å². The standard InChI is InChI=1S/C20H16FN3O/c1-23-10-11-24-19(13-23)22-18-12-15(6-9-17(18)20(24)25)3-2-14-4-7-16(21)8-5-14/h4-9,12H,10-11,13H2,1H3. The van der Waals surface area contributed by atoms with Gasteiger partial charge >= 0.3 is 0 Å². The van der Waals surface area contributed by atoms with Crippen molar-refractivity contribution >= 4 is 10.9 Å². The Hall–Kier alpha value is -2.97. The van der Waals surface area contributed by atoms with Gasteiger partial charge in [0.2, 0.25) is 0 Å². The van der Waals surface area contributed by atoms with E-state index in [2.05, 4.69) is 21.7 Å². The van der Waals surface area contributed by atoms with Gasteiger partial charge in [-0.1, -0.05) is 11.8 Å². The summed E-state index contributed by atoms with van der Waals surface area (Å²) in [6.07, 6.45) is 0. The molecule has 3 aromatic rings. The first-order valence-corrected chi connectivity index (χ1v) is 8.10. The fourth-order valence-electron chi connectivity index (χ4n) is 2.96. The maximum Gasteiger partial charge on any atom is 0.261 e. The van der Waals surface area contributed by atoms with Crippen LogP contribution < -0.4 is 5.56 Å². The quantitative estimate of drug-likeness (QED) is 0.593. The predicted octanol–water partition coefficient (Wildman–Crippen LogP) is 2.38. The van der Waals surface area contributed by atoms with E-state index in [4.69, 9.17) is 0 Å². The summed E-state index contributed by atoms with van der Waals surface area (Å²) in [6, 6.07) is 11.5. The van der Waals surface area contributed by atoms with Crippen molar-refractivity contribution in [2.24, 2.45) is 0 Å². The lowest BCUT2D eigenvalue weighted by molar-refractivity contribution is 0.259. The minimum Gasteiger partial charge on any atom is -0.297 e. The van der Waals surface area contributed by atoms with Gasteiger partial charge in [-0.15, -0.1) is 0 Å². The summed E-state index contributed by atoms with van der Waals surface area (Å²) >= 11 is 0. The lowest BCUT2D eigenvalue weighted by Gasteiger charge is -2.25. The van der Waals surface area contributed by atoms with Crippen molar-refractivity contribution in [1.82, 2.24) is 14.5 Å². The Morgan fingerprint density at radius 1 is 1.04 bits per heavy atom. The topological polar surface area (TPSA) is 38.1 Å². The van der Waals surface area contributed by atoms with Gasteiger partial charge in [-0.3, -0.25) is 14.3 Å². The summed E-state index contributed by atoms with van der Waals surface area (Å²) in [5.41, 5.74) is 2.18. The molecular formula is C20H16FN3O. The molecule has 124 valence electrons. The zero-order valence-corrected chi connectivity index (χ0v) is 13.8. The van der Waals surface area contributed by atoms with E-state index in [1.807, 2.05) is 19.2 Å². The largest absolute Gasteiger partial charge is 0.297 e. The first-order valence-electron chi connectivity index (χ1n) is 8.10. The summed E-state index contributed by atoms with van der Waals surface area (Å²) in [7, 11) is 2.02. The van der Waals surface area contributed by atoms with Crippen LogP contribution in [-0.4, -0.2) is 28.0 Å². The van der Waals surface area contributed by atoms with Gasteiger partial charge in [-0.2, -0.15) is 0 Å². The van der Waals surface area contributed by atoms with Crippen molar-refractivity contribution in [3.63, 3.8) is 0 Å². The van der Waals surface area contributed by atoms with Crippen LogP contribution in [0, 0.1) is 17.7 Å². The molecule has 0 bridgehead atoms.